The van der Waals surface area contributed by atoms with Crippen LogP contribution in [-0.4, -0.2) is 35.5 Å². The summed E-state index contributed by atoms with van der Waals surface area (Å²) in [6, 6.07) is 9.17. The van der Waals surface area contributed by atoms with Gasteiger partial charge in [-0.1, -0.05) is 19.1 Å². The van der Waals surface area contributed by atoms with Crippen molar-refractivity contribution in [2.24, 2.45) is 11.8 Å². The van der Waals surface area contributed by atoms with E-state index in [1.54, 1.807) is 6.92 Å². The number of fused-ring (bicyclic) bond motifs is 1. The van der Waals surface area contributed by atoms with Gasteiger partial charge in [0.1, 0.15) is 5.92 Å². The summed E-state index contributed by atoms with van der Waals surface area (Å²) in [5, 5.41) is 28.6. The first-order valence-electron chi connectivity index (χ1n) is 10.9. The number of nitrogens with one attached hydrogen (secondary N) is 2. The normalized spacial score (nSPS) is 21.4. The Labute approximate surface area is 195 Å². The zero-order chi connectivity index (χ0) is 24.6. The van der Waals surface area contributed by atoms with Crippen molar-refractivity contribution in [1.82, 2.24) is 0 Å². The third kappa shape index (κ3) is 3.91. The number of ether oxygens (including phenoxy) is 2. The van der Waals surface area contributed by atoms with E-state index in [1.807, 2.05) is 31.2 Å². The van der Waals surface area contributed by atoms with Crippen molar-refractivity contribution in [3.05, 3.63) is 63.3 Å². The third-order valence-electron chi connectivity index (χ3n) is 6.13. The molecule has 2 aliphatic rings. The van der Waals surface area contributed by atoms with Crippen LogP contribution in [0.4, 0.5) is 17.1 Å². The Balaban J connectivity index is 1.94. The van der Waals surface area contributed by atoms with E-state index in [0.717, 1.165) is 5.69 Å². The number of rotatable bonds is 5. The fourth-order valence-corrected chi connectivity index (χ4v) is 4.57. The molecule has 4 rings (SSSR count). The fourth-order valence-electron chi connectivity index (χ4n) is 4.57. The third-order valence-corrected chi connectivity index (χ3v) is 6.13. The van der Waals surface area contributed by atoms with E-state index in [9.17, 15) is 24.8 Å². The first kappa shape index (κ1) is 23.1. The second-order valence-electron chi connectivity index (χ2n) is 8.26. The van der Waals surface area contributed by atoms with Gasteiger partial charge in [-0.15, -0.1) is 0 Å². The van der Waals surface area contributed by atoms with Crippen LogP contribution in [-0.2, 0) is 14.3 Å². The van der Waals surface area contributed by atoms with Gasteiger partial charge in [0, 0.05) is 17.3 Å². The minimum absolute atomic E-state index is 0.0673. The van der Waals surface area contributed by atoms with Crippen LogP contribution in [0.5, 0.6) is 11.5 Å². The van der Waals surface area contributed by atoms with Gasteiger partial charge in [-0.05, 0) is 43.0 Å². The van der Waals surface area contributed by atoms with Crippen molar-refractivity contribution < 1.29 is 29.1 Å². The molecule has 0 bridgehead atoms. The fraction of sp³-hybridized carbons (Fsp3) is 0.333. The molecule has 1 aliphatic carbocycles. The number of esters is 1. The lowest BCUT2D eigenvalue weighted by atomic mass is 9.74. The number of ketones is 1. The number of anilines is 2. The van der Waals surface area contributed by atoms with E-state index >= 15 is 0 Å². The summed E-state index contributed by atoms with van der Waals surface area (Å²) in [5.74, 6) is -3.03. The summed E-state index contributed by atoms with van der Waals surface area (Å²) < 4.78 is 10.3. The van der Waals surface area contributed by atoms with Crippen LogP contribution in [0.3, 0.4) is 0 Å². The second-order valence-corrected chi connectivity index (χ2v) is 8.26. The highest BCUT2D eigenvalue weighted by atomic mass is 16.6. The van der Waals surface area contributed by atoms with Crippen LogP contribution in [0, 0.1) is 22.0 Å². The molecule has 10 nitrogen and oxygen atoms in total. The summed E-state index contributed by atoms with van der Waals surface area (Å²) in [7, 11) is 1.24. The number of para-hydroxylation sites is 2. The first-order chi connectivity index (χ1) is 16.3. The standard InChI is InChI=1S/C24H25N3O7/c1-4-34-18-11-13(10-17(22(18)28)27(31)32)21-20-16(25-14-7-5-6-8-15(14)26-21)9-12(2)19(23(20)29)24(30)33-3/h5-8,10-12,19,21,25-26,28H,4,9H2,1-3H3/t12-,19-,21+/m1/s1. The highest BCUT2D eigenvalue weighted by Crippen LogP contribution is 2.46. The molecule has 0 aromatic heterocycles. The van der Waals surface area contributed by atoms with Gasteiger partial charge < -0.3 is 25.2 Å². The first-order valence-corrected chi connectivity index (χ1v) is 10.9. The van der Waals surface area contributed by atoms with E-state index in [-0.39, 0.29) is 23.8 Å². The quantitative estimate of drug-likeness (QED) is 0.258. The number of nitro benzene ring substituents is 1. The lowest BCUT2D eigenvalue weighted by molar-refractivity contribution is -0.386. The number of nitro groups is 1. The molecule has 0 amide bonds. The Bertz CT molecular complexity index is 1210. The molecule has 0 spiro atoms. The van der Waals surface area contributed by atoms with E-state index in [1.165, 1.54) is 19.2 Å². The molecule has 0 unspecified atom stereocenters. The Hall–Kier alpha value is -4.08. The van der Waals surface area contributed by atoms with Crippen LogP contribution in [0.1, 0.15) is 31.9 Å². The molecule has 2 aromatic carbocycles. The number of methoxy groups -OCH3 is 1. The predicted octanol–water partition coefficient (Wildman–Crippen LogP) is 3.93. The second kappa shape index (κ2) is 9.05. The SMILES string of the molecule is CCOc1cc([C@@H]2Nc3ccccc3NC3=C2C(=O)[C@H](C(=O)OC)[C@H](C)C3)cc([N+](=O)[O-])c1O. The maximum Gasteiger partial charge on any atom is 0.316 e. The maximum absolute atomic E-state index is 13.7. The van der Waals surface area contributed by atoms with Crippen molar-refractivity contribution in [1.29, 1.82) is 0 Å². The topological polar surface area (TPSA) is 140 Å². The molecule has 2 aromatic rings. The Kier molecular flexibility index (Phi) is 6.14. The predicted molar refractivity (Wildman–Crippen MR) is 124 cm³/mol. The van der Waals surface area contributed by atoms with Gasteiger partial charge in [-0.2, -0.15) is 0 Å². The average molecular weight is 467 g/mol. The smallest absolute Gasteiger partial charge is 0.316 e. The summed E-state index contributed by atoms with van der Waals surface area (Å²) in [6.07, 6.45) is 0.395. The zero-order valence-electron chi connectivity index (χ0n) is 19.0. The molecule has 34 heavy (non-hydrogen) atoms. The molecule has 0 saturated carbocycles. The lowest BCUT2D eigenvalue weighted by Crippen LogP contribution is -2.39. The molecule has 0 saturated heterocycles. The molecular formula is C24H25N3O7. The van der Waals surface area contributed by atoms with Crippen LogP contribution < -0.4 is 15.4 Å². The minimum Gasteiger partial charge on any atom is -0.500 e. The molecule has 3 atom stereocenters. The molecule has 3 N–H and O–H groups in total. The zero-order valence-corrected chi connectivity index (χ0v) is 19.0. The van der Waals surface area contributed by atoms with Crippen LogP contribution in [0.15, 0.2) is 47.7 Å². The number of allylic oxidation sites excluding steroid dienone is 1. The van der Waals surface area contributed by atoms with E-state index in [2.05, 4.69) is 10.6 Å². The highest BCUT2D eigenvalue weighted by molar-refractivity contribution is 6.11. The molecule has 1 aliphatic heterocycles. The lowest BCUT2D eigenvalue weighted by Gasteiger charge is -2.32. The number of phenolic OH excluding ortho intramolecular Hbond substituents is 1. The van der Waals surface area contributed by atoms with Gasteiger partial charge in [0.05, 0.1) is 36.1 Å². The van der Waals surface area contributed by atoms with Crippen LogP contribution in [0.25, 0.3) is 0 Å². The largest absolute Gasteiger partial charge is 0.500 e. The average Bonchev–Trinajstić information content (AvgIpc) is 2.96. The number of phenols is 1. The molecule has 0 radical (unpaired) electrons. The summed E-state index contributed by atoms with van der Waals surface area (Å²) >= 11 is 0. The summed E-state index contributed by atoms with van der Waals surface area (Å²) in [4.78, 5) is 37.1. The maximum atomic E-state index is 13.7. The van der Waals surface area contributed by atoms with Crippen molar-refractivity contribution in [2.45, 2.75) is 26.3 Å². The van der Waals surface area contributed by atoms with Crippen LogP contribution in [0.2, 0.25) is 0 Å². The number of aromatic hydroxyl groups is 1. The molecule has 10 heteroatoms. The van der Waals surface area contributed by atoms with Crippen molar-refractivity contribution in [3.8, 4) is 11.5 Å². The van der Waals surface area contributed by atoms with Gasteiger partial charge in [-0.3, -0.25) is 19.7 Å². The monoisotopic (exact) mass is 467 g/mol. The molecule has 0 fully saturated rings. The van der Waals surface area contributed by atoms with Gasteiger partial charge in [0.2, 0.25) is 5.75 Å². The number of hydrogen-bond donors (Lipinski definition) is 3. The number of carbonyl (C=O) groups is 2. The summed E-state index contributed by atoms with van der Waals surface area (Å²) in [5.41, 5.74) is 2.10. The minimum atomic E-state index is -1.01. The Morgan fingerprint density at radius 2 is 1.97 bits per heavy atom. The highest BCUT2D eigenvalue weighted by Gasteiger charge is 2.44. The van der Waals surface area contributed by atoms with E-state index < -0.39 is 40.1 Å². The number of Topliss-reactive ketones (excluding diaryl/α,β-unsaturated/α-hetero) is 1. The van der Waals surface area contributed by atoms with Crippen molar-refractivity contribution >= 4 is 28.8 Å². The van der Waals surface area contributed by atoms with Crippen molar-refractivity contribution in [3.63, 3.8) is 0 Å². The van der Waals surface area contributed by atoms with Crippen molar-refractivity contribution in [2.75, 3.05) is 24.4 Å². The molecule has 1 heterocycles. The van der Waals surface area contributed by atoms with E-state index in [0.29, 0.717) is 23.4 Å². The summed E-state index contributed by atoms with van der Waals surface area (Å²) in [6.45, 7) is 3.67. The molecular weight excluding hydrogens is 442 g/mol. The van der Waals surface area contributed by atoms with E-state index in [4.69, 9.17) is 9.47 Å². The number of nitrogens with zero attached hydrogens (tertiary/aromatic N) is 1. The van der Waals surface area contributed by atoms with Gasteiger partial charge in [0.15, 0.2) is 11.5 Å². The van der Waals surface area contributed by atoms with Gasteiger partial charge >= 0.3 is 11.7 Å². The molecule has 178 valence electrons. The Morgan fingerprint density at radius 1 is 1.26 bits per heavy atom. The number of carbonyl (C=O) groups excluding carboxylic acids is 2. The van der Waals surface area contributed by atoms with Gasteiger partial charge in [-0.25, -0.2) is 0 Å². The number of benzene rings is 2. The number of hydrogen-bond acceptors (Lipinski definition) is 9. The Morgan fingerprint density at radius 3 is 2.62 bits per heavy atom. The van der Waals surface area contributed by atoms with Gasteiger partial charge in [0.25, 0.3) is 0 Å². The van der Waals surface area contributed by atoms with Crippen LogP contribution >= 0.6 is 0 Å².